The van der Waals surface area contributed by atoms with E-state index in [1.807, 2.05) is 0 Å². The third kappa shape index (κ3) is 4.43. The van der Waals surface area contributed by atoms with Gasteiger partial charge in [0.05, 0.1) is 11.1 Å². The number of aromatic carboxylic acids is 1. The molecule has 2 N–H and O–H groups in total. The Labute approximate surface area is 140 Å². The van der Waals surface area contributed by atoms with E-state index in [9.17, 15) is 44.3 Å². The molecule has 26 heavy (non-hydrogen) atoms. The number of esters is 1. The number of ether oxygens (including phenoxy) is 1. The highest BCUT2D eigenvalue weighted by atomic mass is 32.2. The van der Waals surface area contributed by atoms with Gasteiger partial charge < -0.3 is 9.84 Å². The molecule has 0 unspecified atom stereocenters. The van der Waals surface area contributed by atoms with Crippen LogP contribution in [0, 0.1) is 0 Å². The summed E-state index contributed by atoms with van der Waals surface area (Å²) in [5.74, 6) is -7.33. The normalized spacial score (nSPS) is 13.3. The summed E-state index contributed by atoms with van der Waals surface area (Å²) in [5.41, 5.74) is -7.79. The van der Waals surface area contributed by atoms with E-state index < -0.39 is 56.9 Å². The second-order valence-electron chi connectivity index (χ2n) is 4.79. The van der Waals surface area contributed by atoms with Crippen LogP contribution in [0.15, 0.2) is 24.3 Å². The third-order valence-electron chi connectivity index (χ3n) is 2.95. The highest BCUT2D eigenvalue weighted by Crippen LogP contribution is 2.47. The molecule has 0 saturated heterocycles. The first-order chi connectivity index (χ1) is 11.5. The Balaban J connectivity index is 3.57. The zero-order chi connectivity index (χ0) is 20.6. The number of hydrogen-bond acceptors (Lipinski definition) is 5. The van der Waals surface area contributed by atoms with Crippen molar-refractivity contribution >= 4 is 22.1 Å². The van der Waals surface area contributed by atoms with Gasteiger partial charge in [-0.2, -0.15) is 34.8 Å². The molecule has 14 heteroatoms. The lowest BCUT2D eigenvalue weighted by Gasteiger charge is -2.35. The highest BCUT2D eigenvalue weighted by molar-refractivity contribution is 7.85. The van der Waals surface area contributed by atoms with Gasteiger partial charge in [-0.15, -0.1) is 0 Å². The van der Waals surface area contributed by atoms with Crippen LogP contribution in [0.1, 0.15) is 20.7 Å². The largest absolute Gasteiger partial charge is 0.478 e. The molecule has 0 heterocycles. The summed E-state index contributed by atoms with van der Waals surface area (Å²) in [6.07, 6.45) is -13.0. The Morgan fingerprint density at radius 2 is 1.38 bits per heavy atom. The van der Waals surface area contributed by atoms with Crippen molar-refractivity contribution < 1.29 is 58.7 Å². The minimum atomic E-state index is -6.51. The molecule has 1 aromatic carbocycles. The molecule has 0 spiro atoms. The first kappa shape index (κ1) is 21.7. The van der Waals surface area contributed by atoms with E-state index in [2.05, 4.69) is 4.74 Å². The van der Waals surface area contributed by atoms with Gasteiger partial charge >= 0.3 is 29.9 Å². The number of alkyl halides is 6. The molecule has 0 radical (unpaired) electrons. The van der Waals surface area contributed by atoms with E-state index in [0.29, 0.717) is 12.1 Å². The molecule has 0 saturated carbocycles. The first-order valence-electron chi connectivity index (χ1n) is 6.16. The first-order valence-corrected chi connectivity index (χ1v) is 7.77. The van der Waals surface area contributed by atoms with Gasteiger partial charge in [0.2, 0.25) is 0 Å². The van der Waals surface area contributed by atoms with Crippen LogP contribution in [-0.2, 0) is 14.9 Å². The van der Waals surface area contributed by atoms with E-state index in [4.69, 9.17) is 9.66 Å². The molecule has 0 aliphatic carbocycles. The summed E-state index contributed by atoms with van der Waals surface area (Å²) in [6, 6.07) is 3.22. The van der Waals surface area contributed by atoms with Gasteiger partial charge in [-0.3, -0.25) is 4.55 Å². The van der Waals surface area contributed by atoms with E-state index in [1.54, 1.807) is 0 Å². The fourth-order valence-corrected chi connectivity index (χ4v) is 2.69. The Morgan fingerprint density at radius 1 is 0.962 bits per heavy atom. The van der Waals surface area contributed by atoms with E-state index in [0.717, 1.165) is 12.1 Å². The number of carbonyl (C=O) groups is 2. The number of halogens is 6. The maximum Gasteiger partial charge on any atom is 0.438 e. The van der Waals surface area contributed by atoms with Gasteiger partial charge in [0.15, 0.2) is 0 Å². The van der Waals surface area contributed by atoms with Crippen molar-refractivity contribution in [2.45, 2.75) is 18.0 Å². The Hall–Kier alpha value is -2.35. The number of benzene rings is 1. The number of carbonyl (C=O) groups excluding carboxylic acids is 1. The van der Waals surface area contributed by atoms with Crippen LogP contribution in [0.5, 0.6) is 0 Å². The lowest BCUT2D eigenvalue weighted by molar-refractivity contribution is -0.356. The fourth-order valence-electron chi connectivity index (χ4n) is 1.79. The molecule has 0 aromatic heterocycles. The molecule has 0 aliphatic rings. The number of rotatable bonds is 5. The Bertz CT molecular complexity index is 798. The van der Waals surface area contributed by atoms with Crippen LogP contribution in [0.3, 0.4) is 0 Å². The standard InChI is InChI=1S/C12H8F6O7S/c13-11(14,15)10(12(16,17)18,5-26(22,23)24)25-9(21)7-4-2-1-3-6(7)8(19)20/h1-4H,5H2,(H,19,20)(H,22,23,24). The molecular formula is C12H8F6O7S. The molecule has 146 valence electrons. The second kappa shape index (κ2) is 6.75. The molecule has 1 rings (SSSR count). The molecule has 7 nitrogen and oxygen atoms in total. The Kier molecular flexibility index (Phi) is 5.63. The maximum absolute atomic E-state index is 13.0. The van der Waals surface area contributed by atoms with Crippen LogP contribution >= 0.6 is 0 Å². The van der Waals surface area contributed by atoms with Crippen molar-refractivity contribution in [3.05, 3.63) is 35.4 Å². The zero-order valence-corrected chi connectivity index (χ0v) is 12.9. The number of hydrogen-bond donors (Lipinski definition) is 2. The average Bonchev–Trinajstić information content (AvgIpc) is 2.42. The molecule has 0 atom stereocenters. The van der Waals surface area contributed by atoms with Crippen LogP contribution < -0.4 is 0 Å². The smallest absolute Gasteiger partial charge is 0.438 e. The summed E-state index contributed by atoms with van der Waals surface area (Å²) < 4.78 is 112. The van der Waals surface area contributed by atoms with Crippen LogP contribution in [-0.4, -0.2) is 53.7 Å². The Morgan fingerprint density at radius 3 is 1.73 bits per heavy atom. The van der Waals surface area contributed by atoms with E-state index >= 15 is 0 Å². The minimum absolute atomic E-state index is 0.566. The van der Waals surface area contributed by atoms with Crippen molar-refractivity contribution in [1.82, 2.24) is 0 Å². The summed E-state index contributed by atoms with van der Waals surface area (Å²) in [7, 11) is -5.94. The van der Waals surface area contributed by atoms with E-state index in [1.165, 1.54) is 0 Å². The number of carboxylic acids is 1. The fraction of sp³-hybridized carbons (Fsp3) is 0.333. The lowest BCUT2D eigenvalue weighted by atomic mass is 10.0. The molecular weight excluding hydrogens is 402 g/mol. The van der Waals surface area contributed by atoms with Crippen molar-refractivity contribution in [2.75, 3.05) is 5.75 Å². The summed E-state index contributed by atoms with van der Waals surface area (Å²) in [5, 5.41) is 8.83. The van der Waals surface area contributed by atoms with Crippen LogP contribution in [0.2, 0.25) is 0 Å². The van der Waals surface area contributed by atoms with Gasteiger partial charge in [0.25, 0.3) is 10.1 Å². The average molecular weight is 410 g/mol. The highest BCUT2D eigenvalue weighted by Gasteiger charge is 2.76. The molecule has 0 bridgehead atoms. The van der Waals surface area contributed by atoms with Crippen molar-refractivity contribution in [3.63, 3.8) is 0 Å². The molecule has 0 fully saturated rings. The summed E-state index contributed by atoms with van der Waals surface area (Å²) in [4.78, 5) is 22.7. The van der Waals surface area contributed by atoms with Gasteiger partial charge in [0.1, 0.15) is 5.75 Å². The van der Waals surface area contributed by atoms with Crippen molar-refractivity contribution in [3.8, 4) is 0 Å². The summed E-state index contributed by atoms with van der Waals surface area (Å²) >= 11 is 0. The topological polar surface area (TPSA) is 118 Å². The van der Waals surface area contributed by atoms with Crippen LogP contribution in [0.4, 0.5) is 26.3 Å². The monoisotopic (exact) mass is 410 g/mol. The second-order valence-corrected chi connectivity index (χ2v) is 6.24. The quantitative estimate of drug-likeness (QED) is 0.434. The van der Waals surface area contributed by atoms with E-state index in [-0.39, 0.29) is 0 Å². The predicted molar refractivity (Wildman–Crippen MR) is 70.1 cm³/mol. The minimum Gasteiger partial charge on any atom is -0.478 e. The van der Waals surface area contributed by atoms with Gasteiger partial charge in [-0.25, -0.2) is 9.59 Å². The van der Waals surface area contributed by atoms with Crippen LogP contribution in [0.25, 0.3) is 0 Å². The van der Waals surface area contributed by atoms with Gasteiger partial charge in [0, 0.05) is 0 Å². The SMILES string of the molecule is O=C(O)c1ccccc1C(=O)OC(CS(=O)(=O)O)(C(F)(F)F)C(F)(F)F. The lowest BCUT2D eigenvalue weighted by Crippen LogP contribution is -2.63. The zero-order valence-electron chi connectivity index (χ0n) is 12.1. The molecule has 0 amide bonds. The maximum atomic E-state index is 13.0. The number of carboxylic acid groups (broad SMARTS) is 1. The van der Waals surface area contributed by atoms with Crippen molar-refractivity contribution in [1.29, 1.82) is 0 Å². The van der Waals surface area contributed by atoms with Gasteiger partial charge in [-0.1, -0.05) is 12.1 Å². The van der Waals surface area contributed by atoms with Gasteiger partial charge in [-0.05, 0) is 12.1 Å². The summed E-state index contributed by atoms with van der Waals surface area (Å²) in [6.45, 7) is 0. The predicted octanol–water partition coefficient (Wildman–Crippen LogP) is 2.29. The third-order valence-corrected chi connectivity index (χ3v) is 3.72. The molecule has 0 aliphatic heterocycles. The van der Waals surface area contributed by atoms with Crippen molar-refractivity contribution in [2.24, 2.45) is 0 Å². The molecule has 1 aromatic rings.